The van der Waals surface area contributed by atoms with Crippen LogP contribution in [0.25, 0.3) is 0 Å². The predicted octanol–water partition coefficient (Wildman–Crippen LogP) is -0.449. The summed E-state index contributed by atoms with van der Waals surface area (Å²) >= 11 is 0. The van der Waals surface area contributed by atoms with Gasteiger partial charge in [0.25, 0.3) is 0 Å². The van der Waals surface area contributed by atoms with Gasteiger partial charge in [-0.2, -0.15) is 0 Å². The van der Waals surface area contributed by atoms with E-state index in [-0.39, 0.29) is 6.29 Å². The highest BCUT2D eigenvalue weighted by atomic mass is 16.7. The molecule has 0 unspecified atom stereocenters. The first-order valence-electron chi connectivity index (χ1n) is 3.91. The first kappa shape index (κ1) is 9.44. The molecule has 0 aliphatic carbocycles. The van der Waals surface area contributed by atoms with Gasteiger partial charge in [-0.3, -0.25) is 4.79 Å². The fourth-order valence-corrected chi connectivity index (χ4v) is 1.01. The summed E-state index contributed by atoms with van der Waals surface area (Å²) in [5, 5.41) is 8.45. The van der Waals surface area contributed by atoms with Gasteiger partial charge in [0.05, 0.1) is 13.2 Å². The molecule has 1 aliphatic heterocycles. The maximum Gasteiger partial charge on any atom is 0.320 e. The molecule has 3 N–H and O–H groups in total. The van der Waals surface area contributed by atoms with Crippen molar-refractivity contribution in [3.63, 3.8) is 0 Å². The van der Waals surface area contributed by atoms with E-state index < -0.39 is 12.0 Å². The Morgan fingerprint density at radius 1 is 1.58 bits per heavy atom. The third kappa shape index (κ3) is 2.77. The molecule has 0 aromatic heterocycles. The number of aliphatic carboxylic acids is 1. The van der Waals surface area contributed by atoms with Crippen molar-refractivity contribution in [3.8, 4) is 0 Å². The molecule has 1 rings (SSSR count). The van der Waals surface area contributed by atoms with Crippen molar-refractivity contribution in [2.24, 2.45) is 5.73 Å². The molecule has 0 radical (unpaired) electrons. The van der Waals surface area contributed by atoms with Gasteiger partial charge in [0.2, 0.25) is 0 Å². The Kier molecular flexibility index (Phi) is 3.46. The van der Waals surface area contributed by atoms with Crippen LogP contribution in [0.4, 0.5) is 0 Å². The molecule has 1 heterocycles. The molecule has 0 aromatic carbocycles. The van der Waals surface area contributed by atoms with Crippen molar-refractivity contribution in [1.82, 2.24) is 0 Å². The van der Waals surface area contributed by atoms with Crippen LogP contribution in [0.5, 0.6) is 0 Å². The number of hydrogen-bond acceptors (Lipinski definition) is 4. The second kappa shape index (κ2) is 4.39. The average molecular weight is 175 g/mol. The standard InChI is InChI=1S/C7H13NO4/c8-5(7(9)10)1-2-6-11-3-4-12-6/h5-6H,1-4,8H2,(H,9,10)/t5-/m1/s1. The highest BCUT2D eigenvalue weighted by Crippen LogP contribution is 2.10. The number of carbonyl (C=O) groups is 1. The molecule has 0 bridgehead atoms. The molecular formula is C7H13NO4. The summed E-state index contributed by atoms with van der Waals surface area (Å²) in [6, 6.07) is -0.808. The Balaban J connectivity index is 2.11. The molecule has 0 aromatic rings. The minimum atomic E-state index is -0.979. The molecule has 5 heteroatoms. The van der Waals surface area contributed by atoms with Gasteiger partial charge in [0, 0.05) is 6.42 Å². The van der Waals surface area contributed by atoms with Crippen molar-refractivity contribution in [1.29, 1.82) is 0 Å². The van der Waals surface area contributed by atoms with Crippen LogP contribution in [-0.2, 0) is 14.3 Å². The van der Waals surface area contributed by atoms with E-state index in [0.29, 0.717) is 26.1 Å². The number of hydrogen-bond donors (Lipinski definition) is 2. The summed E-state index contributed by atoms with van der Waals surface area (Å²) in [5.41, 5.74) is 5.28. The van der Waals surface area contributed by atoms with Crippen LogP contribution in [0.2, 0.25) is 0 Å². The average Bonchev–Trinajstić information content (AvgIpc) is 2.51. The van der Waals surface area contributed by atoms with Crippen LogP contribution in [0.15, 0.2) is 0 Å². The zero-order valence-electron chi connectivity index (χ0n) is 6.73. The van der Waals surface area contributed by atoms with Gasteiger partial charge in [-0.05, 0) is 6.42 Å². The van der Waals surface area contributed by atoms with Gasteiger partial charge < -0.3 is 20.3 Å². The maximum atomic E-state index is 10.3. The minimum Gasteiger partial charge on any atom is -0.480 e. The van der Waals surface area contributed by atoms with E-state index in [0.717, 1.165) is 0 Å². The lowest BCUT2D eigenvalue weighted by molar-refractivity contribution is -0.139. The van der Waals surface area contributed by atoms with Gasteiger partial charge in [0.1, 0.15) is 6.04 Å². The van der Waals surface area contributed by atoms with Gasteiger partial charge in [-0.1, -0.05) is 0 Å². The molecule has 1 saturated heterocycles. The molecule has 5 nitrogen and oxygen atoms in total. The highest BCUT2D eigenvalue weighted by molar-refractivity contribution is 5.72. The van der Waals surface area contributed by atoms with E-state index in [2.05, 4.69) is 0 Å². The quantitative estimate of drug-likeness (QED) is 0.604. The summed E-state index contributed by atoms with van der Waals surface area (Å²) in [5.74, 6) is -0.979. The smallest absolute Gasteiger partial charge is 0.320 e. The van der Waals surface area contributed by atoms with E-state index in [1.807, 2.05) is 0 Å². The number of ether oxygens (including phenoxy) is 2. The second-order valence-electron chi connectivity index (χ2n) is 2.69. The summed E-state index contributed by atoms with van der Waals surface area (Å²) in [6.45, 7) is 1.18. The Morgan fingerprint density at radius 2 is 2.17 bits per heavy atom. The molecule has 0 saturated carbocycles. The lowest BCUT2D eigenvalue weighted by atomic mass is 10.2. The highest BCUT2D eigenvalue weighted by Gasteiger charge is 2.19. The summed E-state index contributed by atoms with van der Waals surface area (Å²) in [7, 11) is 0. The lowest BCUT2D eigenvalue weighted by Crippen LogP contribution is -2.31. The lowest BCUT2D eigenvalue weighted by Gasteiger charge is -2.10. The number of carboxylic acids is 1. The normalized spacial score (nSPS) is 21.1. The summed E-state index contributed by atoms with van der Waals surface area (Å²) in [6.07, 6.45) is 0.684. The minimum absolute atomic E-state index is 0.254. The van der Waals surface area contributed by atoms with Crippen LogP contribution in [0, 0.1) is 0 Å². The summed E-state index contributed by atoms with van der Waals surface area (Å²) < 4.78 is 10.2. The van der Waals surface area contributed by atoms with Crippen LogP contribution in [0.1, 0.15) is 12.8 Å². The van der Waals surface area contributed by atoms with E-state index in [9.17, 15) is 4.79 Å². The molecule has 0 spiro atoms. The zero-order chi connectivity index (χ0) is 8.97. The van der Waals surface area contributed by atoms with Crippen LogP contribution in [0.3, 0.4) is 0 Å². The zero-order valence-corrected chi connectivity index (χ0v) is 6.73. The third-order valence-corrected chi connectivity index (χ3v) is 1.72. The van der Waals surface area contributed by atoms with Crippen molar-refractivity contribution < 1.29 is 19.4 Å². The van der Waals surface area contributed by atoms with Crippen molar-refractivity contribution in [2.75, 3.05) is 13.2 Å². The van der Waals surface area contributed by atoms with Crippen LogP contribution in [-0.4, -0.2) is 36.6 Å². The largest absolute Gasteiger partial charge is 0.480 e. The van der Waals surface area contributed by atoms with Gasteiger partial charge in [0.15, 0.2) is 6.29 Å². The van der Waals surface area contributed by atoms with Gasteiger partial charge in [-0.25, -0.2) is 0 Å². The number of carboxylic acid groups (broad SMARTS) is 1. The van der Waals surface area contributed by atoms with Crippen LogP contribution < -0.4 is 5.73 Å². The first-order valence-corrected chi connectivity index (χ1v) is 3.91. The molecule has 1 fully saturated rings. The van der Waals surface area contributed by atoms with E-state index in [1.54, 1.807) is 0 Å². The number of nitrogens with two attached hydrogens (primary N) is 1. The van der Waals surface area contributed by atoms with Crippen molar-refractivity contribution in [2.45, 2.75) is 25.2 Å². The maximum absolute atomic E-state index is 10.3. The van der Waals surface area contributed by atoms with E-state index >= 15 is 0 Å². The molecular weight excluding hydrogens is 162 g/mol. The predicted molar refractivity (Wildman–Crippen MR) is 40.5 cm³/mol. The van der Waals surface area contributed by atoms with E-state index in [4.69, 9.17) is 20.3 Å². The molecule has 1 aliphatic rings. The fraction of sp³-hybridized carbons (Fsp3) is 0.857. The Morgan fingerprint density at radius 3 is 2.67 bits per heavy atom. The Hall–Kier alpha value is -0.650. The Labute approximate surface area is 70.4 Å². The SMILES string of the molecule is N[C@H](CCC1OCCO1)C(=O)O. The van der Waals surface area contributed by atoms with Crippen molar-refractivity contribution >= 4 is 5.97 Å². The van der Waals surface area contributed by atoms with Gasteiger partial charge >= 0.3 is 5.97 Å². The Bertz CT molecular complexity index is 155. The van der Waals surface area contributed by atoms with Crippen molar-refractivity contribution in [3.05, 3.63) is 0 Å². The fourth-order valence-electron chi connectivity index (χ4n) is 1.01. The first-order chi connectivity index (χ1) is 5.70. The molecule has 70 valence electrons. The topological polar surface area (TPSA) is 81.8 Å². The van der Waals surface area contributed by atoms with Crippen LogP contribution >= 0.6 is 0 Å². The second-order valence-corrected chi connectivity index (χ2v) is 2.69. The number of rotatable bonds is 4. The third-order valence-electron chi connectivity index (χ3n) is 1.72. The molecule has 0 amide bonds. The monoisotopic (exact) mass is 175 g/mol. The molecule has 12 heavy (non-hydrogen) atoms. The summed E-state index contributed by atoms with van der Waals surface area (Å²) in [4.78, 5) is 10.3. The molecule has 1 atom stereocenters. The van der Waals surface area contributed by atoms with Gasteiger partial charge in [-0.15, -0.1) is 0 Å². The van der Waals surface area contributed by atoms with E-state index in [1.165, 1.54) is 0 Å².